The van der Waals surface area contributed by atoms with Crippen LogP contribution in [0.15, 0.2) is 11.0 Å². The summed E-state index contributed by atoms with van der Waals surface area (Å²) < 4.78 is 23.7. The zero-order valence-corrected chi connectivity index (χ0v) is 8.70. The lowest BCUT2D eigenvalue weighted by Gasteiger charge is -1.98. The van der Waals surface area contributed by atoms with Crippen molar-refractivity contribution in [2.24, 2.45) is 7.05 Å². The maximum Gasteiger partial charge on any atom is 0.263 e. The van der Waals surface area contributed by atoms with Crippen molar-refractivity contribution < 1.29 is 8.42 Å². The quantitative estimate of drug-likeness (QED) is 0.656. The zero-order valence-electron chi connectivity index (χ0n) is 7.13. The summed E-state index contributed by atoms with van der Waals surface area (Å²) in [5.41, 5.74) is 1.55. The summed E-state index contributed by atoms with van der Waals surface area (Å²) in [5, 5.41) is 0. The number of halogens is 1. The summed E-state index contributed by atoms with van der Waals surface area (Å²) in [7, 11) is 3.43. The average Bonchev–Trinajstić information content (AvgIpc) is 2.15. The molecule has 1 aromatic heterocycles. The molecule has 0 aliphatic rings. The summed E-state index contributed by atoms with van der Waals surface area (Å²) >= 11 is 0. The van der Waals surface area contributed by atoms with Crippen molar-refractivity contribution in [3.8, 4) is 0 Å². The van der Waals surface area contributed by atoms with Crippen molar-refractivity contribution in [2.75, 3.05) is 0 Å². The Labute approximate surface area is 76.4 Å². The average molecular weight is 208 g/mol. The minimum Gasteiger partial charge on any atom is -0.351 e. The number of hydrogen-bond acceptors (Lipinski definition) is 2. The Kier molecular flexibility index (Phi) is 2.23. The summed E-state index contributed by atoms with van der Waals surface area (Å²) in [6.07, 6.45) is 0. The molecule has 0 unspecified atom stereocenters. The fraction of sp³-hybridized carbons (Fsp3) is 0.429. The second kappa shape index (κ2) is 2.78. The first-order valence-corrected chi connectivity index (χ1v) is 5.72. The molecule has 0 aliphatic carbocycles. The van der Waals surface area contributed by atoms with Gasteiger partial charge in [0.1, 0.15) is 4.90 Å². The predicted molar refractivity (Wildman–Crippen MR) is 47.9 cm³/mol. The summed E-state index contributed by atoms with van der Waals surface area (Å²) in [4.78, 5) is 0.198. The smallest absolute Gasteiger partial charge is 0.263 e. The lowest BCUT2D eigenvalue weighted by atomic mass is 10.4. The standard InChI is InChI=1S/C7H10ClNO2S/c1-5-4-7(12(8,10)11)6(2)9(5)3/h4H,1-3H3. The third kappa shape index (κ3) is 1.49. The Bertz CT molecular complexity index is 405. The van der Waals surface area contributed by atoms with Gasteiger partial charge in [-0.3, -0.25) is 0 Å². The van der Waals surface area contributed by atoms with Crippen LogP contribution < -0.4 is 0 Å². The molecule has 1 aromatic rings. The van der Waals surface area contributed by atoms with E-state index in [1.807, 2.05) is 6.92 Å². The van der Waals surface area contributed by atoms with E-state index >= 15 is 0 Å². The number of nitrogens with zero attached hydrogens (tertiary/aromatic N) is 1. The molecule has 0 aromatic carbocycles. The Balaban J connectivity index is 3.48. The van der Waals surface area contributed by atoms with Gasteiger partial charge in [0.15, 0.2) is 0 Å². The van der Waals surface area contributed by atoms with Crippen LogP contribution in [-0.4, -0.2) is 13.0 Å². The molecule has 68 valence electrons. The van der Waals surface area contributed by atoms with E-state index in [1.54, 1.807) is 24.6 Å². The summed E-state index contributed by atoms with van der Waals surface area (Å²) in [5.74, 6) is 0. The molecule has 0 spiro atoms. The number of aromatic nitrogens is 1. The molecule has 12 heavy (non-hydrogen) atoms. The van der Waals surface area contributed by atoms with Crippen LogP contribution in [0.3, 0.4) is 0 Å². The van der Waals surface area contributed by atoms with Gasteiger partial charge < -0.3 is 4.57 Å². The van der Waals surface area contributed by atoms with E-state index in [4.69, 9.17) is 10.7 Å². The van der Waals surface area contributed by atoms with Gasteiger partial charge in [0.2, 0.25) is 0 Å². The lowest BCUT2D eigenvalue weighted by Crippen LogP contribution is -1.96. The monoisotopic (exact) mass is 207 g/mol. The van der Waals surface area contributed by atoms with Gasteiger partial charge in [0.05, 0.1) is 0 Å². The molecule has 0 amide bonds. The molecule has 0 atom stereocenters. The van der Waals surface area contributed by atoms with E-state index < -0.39 is 9.05 Å². The molecular formula is C7H10ClNO2S. The van der Waals surface area contributed by atoms with Crippen LogP contribution in [0.25, 0.3) is 0 Å². The predicted octanol–water partition coefficient (Wildman–Crippen LogP) is 1.57. The summed E-state index contributed by atoms with van der Waals surface area (Å²) in [6, 6.07) is 1.57. The SMILES string of the molecule is Cc1cc(S(=O)(=O)Cl)c(C)n1C. The maximum atomic E-state index is 11.0. The first kappa shape index (κ1) is 9.61. The second-order valence-corrected chi connectivity index (χ2v) is 5.27. The highest BCUT2D eigenvalue weighted by Crippen LogP contribution is 2.22. The third-order valence-electron chi connectivity index (χ3n) is 1.99. The molecule has 0 fully saturated rings. The normalized spacial score (nSPS) is 12.0. The molecule has 0 bridgehead atoms. The van der Waals surface area contributed by atoms with Gasteiger partial charge in [-0.2, -0.15) is 0 Å². The van der Waals surface area contributed by atoms with Gasteiger partial charge in [-0.15, -0.1) is 0 Å². The van der Waals surface area contributed by atoms with Crippen LogP contribution in [0, 0.1) is 13.8 Å². The van der Waals surface area contributed by atoms with Crippen molar-refractivity contribution in [2.45, 2.75) is 18.7 Å². The van der Waals surface area contributed by atoms with Crippen molar-refractivity contribution >= 4 is 19.7 Å². The van der Waals surface area contributed by atoms with E-state index in [1.165, 1.54) is 0 Å². The molecule has 3 nitrogen and oxygen atoms in total. The Hall–Kier alpha value is -0.480. The highest BCUT2D eigenvalue weighted by atomic mass is 35.7. The number of rotatable bonds is 1. The summed E-state index contributed by atoms with van der Waals surface area (Å²) in [6.45, 7) is 3.56. The molecule has 0 saturated carbocycles. The van der Waals surface area contributed by atoms with Crippen LogP contribution in [0.1, 0.15) is 11.4 Å². The van der Waals surface area contributed by atoms with Gasteiger partial charge in [-0.25, -0.2) is 8.42 Å². The largest absolute Gasteiger partial charge is 0.351 e. The van der Waals surface area contributed by atoms with Gasteiger partial charge >= 0.3 is 0 Å². The van der Waals surface area contributed by atoms with Crippen molar-refractivity contribution in [1.29, 1.82) is 0 Å². The second-order valence-electron chi connectivity index (χ2n) is 2.73. The lowest BCUT2D eigenvalue weighted by molar-refractivity contribution is 0.608. The van der Waals surface area contributed by atoms with Gasteiger partial charge in [-0.05, 0) is 19.9 Å². The van der Waals surface area contributed by atoms with E-state index in [9.17, 15) is 8.42 Å². The van der Waals surface area contributed by atoms with Crippen LogP contribution in [0.2, 0.25) is 0 Å². The highest BCUT2D eigenvalue weighted by Gasteiger charge is 2.17. The first-order chi connectivity index (χ1) is 5.34. The van der Waals surface area contributed by atoms with Crippen molar-refractivity contribution in [1.82, 2.24) is 4.57 Å². The van der Waals surface area contributed by atoms with E-state index in [2.05, 4.69) is 0 Å². The minimum absolute atomic E-state index is 0.198. The van der Waals surface area contributed by atoms with Gasteiger partial charge in [0, 0.05) is 29.1 Å². The molecule has 0 aliphatic heterocycles. The van der Waals surface area contributed by atoms with E-state index in [0.29, 0.717) is 5.69 Å². The van der Waals surface area contributed by atoms with Crippen LogP contribution in [-0.2, 0) is 16.1 Å². The Morgan fingerprint density at radius 2 is 1.92 bits per heavy atom. The van der Waals surface area contributed by atoms with Crippen LogP contribution >= 0.6 is 10.7 Å². The fourth-order valence-electron chi connectivity index (χ4n) is 1.07. The highest BCUT2D eigenvalue weighted by molar-refractivity contribution is 8.13. The van der Waals surface area contributed by atoms with Crippen LogP contribution in [0.5, 0.6) is 0 Å². The molecule has 0 radical (unpaired) electrons. The number of aryl methyl sites for hydroxylation is 1. The maximum absolute atomic E-state index is 11.0. The third-order valence-corrected chi connectivity index (χ3v) is 3.43. The Morgan fingerprint density at radius 1 is 1.42 bits per heavy atom. The van der Waals surface area contributed by atoms with Crippen LogP contribution in [0.4, 0.5) is 0 Å². The molecule has 0 N–H and O–H groups in total. The number of hydrogen-bond donors (Lipinski definition) is 0. The molecule has 1 heterocycles. The first-order valence-electron chi connectivity index (χ1n) is 3.41. The topological polar surface area (TPSA) is 39.1 Å². The molecule has 5 heteroatoms. The van der Waals surface area contributed by atoms with Crippen molar-refractivity contribution in [3.63, 3.8) is 0 Å². The van der Waals surface area contributed by atoms with E-state index in [0.717, 1.165) is 5.69 Å². The molecule has 1 rings (SSSR count). The molecule has 0 saturated heterocycles. The zero-order chi connectivity index (χ0) is 9.52. The van der Waals surface area contributed by atoms with Gasteiger partial charge in [-0.1, -0.05) is 0 Å². The van der Waals surface area contributed by atoms with E-state index in [-0.39, 0.29) is 4.90 Å². The molecular weight excluding hydrogens is 198 g/mol. The van der Waals surface area contributed by atoms with Gasteiger partial charge in [0.25, 0.3) is 9.05 Å². The Morgan fingerprint density at radius 3 is 2.08 bits per heavy atom. The minimum atomic E-state index is -3.58. The fourth-order valence-corrected chi connectivity index (χ4v) is 2.34. The van der Waals surface area contributed by atoms with Crippen molar-refractivity contribution in [3.05, 3.63) is 17.5 Å².